The van der Waals surface area contributed by atoms with Crippen molar-refractivity contribution in [2.24, 2.45) is 29.6 Å². The van der Waals surface area contributed by atoms with Gasteiger partial charge in [-0.05, 0) is 42.4 Å². The third-order valence-corrected chi connectivity index (χ3v) is 8.99. The molecule has 0 spiro atoms. The molecule has 0 bridgehead atoms. The lowest BCUT2D eigenvalue weighted by molar-refractivity contribution is 0.370. The topological polar surface area (TPSA) is 0 Å². The Kier molecular flexibility index (Phi) is 27.6. The van der Waals surface area contributed by atoms with E-state index in [1.165, 1.54) is 154 Å². The quantitative estimate of drug-likeness (QED) is 0.0862. The second-order valence-electron chi connectivity index (χ2n) is 13.8. The third kappa shape index (κ3) is 27.4. The first-order chi connectivity index (χ1) is 17.9. The monoisotopic (exact) mass is 520 g/mol. The summed E-state index contributed by atoms with van der Waals surface area (Å²) < 4.78 is 0. The third-order valence-electron chi connectivity index (χ3n) is 8.99. The molecular formula is C37H75. The second-order valence-corrected chi connectivity index (χ2v) is 13.8. The van der Waals surface area contributed by atoms with Crippen LogP contribution in [0.15, 0.2) is 0 Å². The summed E-state index contributed by atoms with van der Waals surface area (Å²) in [6.45, 7) is 16.9. The zero-order chi connectivity index (χ0) is 27.6. The lowest BCUT2D eigenvalue weighted by Crippen LogP contribution is -2.06. The highest BCUT2D eigenvalue weighted by molar-refractivity contribution is 4.79. The number of hydrogen-bond donors (Lipinski definition) is 0. The van der Waals surface area contributed by atoms with Crippen LogP contribution in [-0.4, -0.2) is 0 Å². The molecular weight excluding hydrogens is 444 g/mol. The fraction of sp³-hybridized carbons (Fsp3) is 0.973. The molecule has 1 radical (unpaired) electrons. The summed E-state index contributed by atoms with van der Waals surface area (Å²) in [6, 6.07) is 0. The van der Waals surface area contributed by atoms with Gasteiger partial charge < -0.3 is 0 Å². The van der Waals surface area contributed by atoms with Crippen LogP contribution in [0, 0.1) is 36.0 Å². The summed E-state index contributed by atoms with van der Waals surface area (Å²) in [5.74, 6) is 4.50. The van der Waals surface area contributed by atoms with Gasteiger partial charge in [0.2, 0.25) is 0 Å². The van der Waals surface area contributed by atoms with Crippen LogP contribution in [0.2, 0.25) is 0 Å². The van der Waals surface area contributed by atoms with E-state index >= 15 is 0 Å². The van der Waals surface area contributed by atoms with Crippen LogP contribution in [0.5, 0.6) is 0 Å². The predicted octanol–water partition coefficient (Wildman–Crippen LogP) is 13.8. The molecule has 0 aliphatic carbocycles. The summed E-state index contributed by atoms with van der Waals surface area (Å²) in [4.78, 5) is 0. The molecule has 0 aromatic rings. The number of unbranched alkanes of at least 4 members (excludes halogenated alkanes) is 10. The van der Waals surface area contributed by atoms with Crippen molar-refractivity contribution < 1.29 is 0 Å². The minimum Gasteiger partial charge on any atom is -0.0654 e. The molecule has 223 valence electrons. The van der Waals surface area contributed by atoms with Crippen molar-refractivity contribution in [2.75, 3.05) is 0 Å². The fourth-order valence-corrected chi connectivity index (χ4v) is 6.09. The molecule has 0 heterocycles. The Morgan fingerprint density at radius 2 is 0.757 bits per heavy atom. The van der Waals surface area contributed by atoms with Crippen LogP contribution in [0.4, 0.5) is 0 Å². The van der Waals surface area contributed by atoms with Gasteiger partial charge >= 0.3 is 0 Å². The van der Waals surface area contributed by atoms with Crippen molar-refractivity contribution in [1.82, 2.24) is 0 Å². The van der Waals surface area contributed by atoms with E-state index in [1.54, 1.807) is 0 Å². The van der Waals surface area contributed by atoms with E-state index in [0.29, 0.717) is 0 Å². The smallest absolute Gasteiger partial charge is 0.0352 e. The van der Waals surface area contributed by atoms with E-state index < -0.39 is 0 Å². The minimum absolute atomic E-state index is 0.874. The van der Waals surface area contributed by atoms with Gasteiger partial charge in [0.05, 0.1) is 0 Å². The van der Waals surface area contributed by atoms with Gasteiger partial charge in [0.25, 0.3) is 0 Å². The highest BCUT2D eigenvalue weighted by Crippen LogP contribution is 2.27. The van der Waals surface area contributed by atoms with Crippen LogP contribution in [0.1, 0.15) is 203 Å². The Bertz CT molecular complexity index is 408. The largest absolute Gasteiger partial charge is 0.0654 e. The van der Waals surface area contributed by atoms with E-state index in [1.807, 2.05) is 0 Å². The lowest BCUT2D eigenvalue weighted by atomic mass is 9.86. The second kappa shape index (κ2) is 27.6. The average Bonchev–Trinajstić information content (AvgIpc) is 2.85. The van der Waals surface area contributed by atoms with Gasteiger partial charge in [0.15, 0.2) is 0 Å². The highest BCUT2D eigenvalue weighted by Gasteiger charge is 2.13. The number of hydrogen-bond acceptors (Lipinski definition) is 0. The molecule has 3 unspecified atom stereocenters. The summed E-state index contributed by atoms with van der Waals surface area (Å²) in [5.41, 5.74) is 0. The predicted molar refractivity (Wildman–Crippen MR) is 172 cm³/mol. The van der Waals surface area contributed by atoms with Gasteiger partial charge in [0, 0.05) is 0 Å². The molecule has 0 aliphatic heterocycles. The molecule has 0 nitrogen and oxygen atoms in total. The number of rotatable bonds is 29. The zero-order valence-corrected chi connectivity index (χ0v) is 27.4. The van der Waals surface area contributed by atoms with E-state index in [0.717, 1.165) is 29.6 Å². The molecule has 37 heavy (non-hydrogen) atoms. The van der Waals surface area contributed by atoms with E-state index in [4.69, 9.17) is 0 Å². The van der Waals surface area contributed by atoms with Crippen LogP contribution >= 0.6 is 0 Å². The van der Waals surface area contributed by atoms with Crippen LogP contribution in [-0.2, 0) is 0 Å². The maximum atomic E-state index is 2.77. The Hall–Kier alpha value is 0. The maximum Gasteiger partial charge on any atom is -0.0352 e. The van der Waals surface area contributed by atoms with E-state index in [9.17, 15) is 0 Å². The van der Waals surface area contributed by atoms with Crippen molar-refractivity contribution in [3.8, 4) is 0 Å². The first-order valence-electron chi connectivity index (χ1n) is 17.7. The molecule has 0 saturated heterocycles. The van der Waals surface area contributed by atoms with E-state index in [-0.39, 0.29) is 0 Å². The van der Waals surface area contributed by atoms with Crippen molar-refractivity contribution >= 4 is 0 Å². The van der Waals surface area contributed by atoms with Gasteiger partial charge in [-0.3, -0.25) is 0 Å². The van der Waals surface area contributed by atoms with Gasteiger partial charge in [-0.1, -0.05) is 196 Å². The van der Waals surface area contributed by atoms with Gasteiger partial charge in [-0.15, -0.1) is 0 Å². The van der Waals surface area contributed by atoms with Crippen LogP contribution in [0.3, 0.4) is 0 Å². The van der Waals surface area contributed by atoms with Crippen molar-refractivity contribution in [3.63, 3.8) is 0 Å². The standard InChI is InChI=1S/C37H75/c1-8-10-12-14-16-18-29-37(30-19-17-15-13-11-9-2)32-31-36(7)28-22-27-35(6)26-21-25-34(5)24-20-23-33(3)4/h32-37H,8-31H2,1-7H3. The van der Waals surface area contributed by atoms with Crippen LogP contribution in [0.25, 0.3) is 0 Å². The Labute approximate surface area is 238 Å². The molecule has 0 saturated carbocycles. The summed E-state index contributed by atoms with van der Waals surface area (Å²) in [7, 11) is 0. The lowest BCUT2D eigenvalue weighted by Gasteiger charge is -2.20. The molecule has 0 amide bonds. The van der Waals surface area contributed by atoms with Crippen molar-refractivity contribution in [1.29, 1.82) is 0 Å². The Morgan fingerprint density at radius 1 is 0.378 bits per heavy atom. The molecule has 0 rings (SSSR count). The minimum atomic E-state index is 0.874. The average molecular weight is 520 g/mol. The van der Waals surface area contributed by atoms with Crippen LogP contribution < -0.4 is 0 Å². The molecule has 3 atom stereocenters. The van der Waals surface area contributed by atoms with Gasteiger partial charge in [-0.25, -0.2) is 0 Å². The molecule has 0 fully saturated rings. The first kappa shape index (κ1) is 37.0. The highest BCUT2D eigenvalue weighted by atomic mass is 14.2. The SMILES string of the molecule is CCCCCCCCC([CH]CC(C)CCCC(C)CCCC(C)CCCC(C)C)CCCCCCCC. The molecule has 0 aromatic carbocycles. The Morgan fingerprint density at radius 3 is 1.19 bits per heavy atom. The molecule has 0 N–H and O–H groups in total. The summed E-state index contributed by atoms with van der Waals surface area (Å²) >= 11 is 0. The molecule has 0 aliphatic rings. The summed E-state index contributed by atoms with van der Waals surface area (Å²) in [6.07, 6.45) is 37.3. The van der Waals surface area contributed by atoms with Crippen molar-refractivity contribution in [2.45, 2.75) is 203 Å². The first-order valence-corrected chi connectivity index (χ1v) is 17.7. The molecule has 0 aromatic heterocycles. The maximum absolute atomic E-state index is 2.77. The zero-order valence-electron chi connectivity index (χ0n) is 27.4. The fourth-order valence-electron chi connectivity index (χ4n) is 6.09. The van der Waals surface area contributed by atoms with Gasteiger partial charge in [-0.2, -0.15) is 0 Å². The molecule has 0 heteroatoms. The van der Waals surface area contributed by atoms with Gasteiger partial charge in [0.1, 0.15) is 0 Å². The van der Waals surface area contributed by atoms with Crippen molar-refractivity contribution in [3.05, 3.63) is 6.42 Å². The van der Waals surface area contributed by atoms with E-state index in [2.05, 4.69) is 54.9 Å². The summed E-state index contributed by atoms with van der Waals surface area (Å²) in [5, 5.41) is 0. The normalized spacial score (nSPS) is 14.5. The Balaban J connectivity index is 4.04.